The molecule has 0 aliphatic rings. The summed E-state index contributed by atoms with van der Waals surface area (Å²) >= 11 is 0. The largest absolute Gasteiger partial charge is 0.369 e. The van der Waals surface area contributed by atoms with Crippen molar-refractivity contribution >= 4 is 17.7 Å². The topological polar surface area (TPSA) is 82.5 Å². The van der Waals surface area contributed by atoms with Gasteiger partial charge in [0.1, 0.15) is 6.07 Å². The van der Waals surface area contributed by atoms with E-state index < -0.39 is 4.92 Å². The average Bonchev–Trinajstić information content (AvgIpc) is 2.25. The maximum absolute atomic E-state index is 10.5. The van der Waals surface area contributed by atoms with Gasteiger partial charge in [-0.3, -0.25) is 10.1 Å². The molecule has 0 fully saturated rings. The molecule has 0 bridgehead atoms. The molecule has 0 atom stereocenters. The highest BCUT2D eigenvalue weighted by atomic mass is 16.6. The molecule has 0 aliphatic heterocycles. The van der Waals surface area contributed by atoms with Gasteiger partial charge in [0.15, 0.2) is 0 Å². The summed E-state index contributed by atoms with van der Waals surface area (Å²) in [7, 11) is 3.59. The lowest BCUT2D eigenvalue weighted by Gasteiger charge is -2.03. The minimum Gasteiger partial charge on any atom is -0.369 e. The van der Waals surface area contributed by atoms with Crippen LogP contribution in [0.5, 0.6) is 0 Å². The summed E-state index contributed by atoms with van der Waals surface area (Å²) in [5.41, 5.74) is 0.495. The predicted molar refractivity (Wildman–Crippen MR) is 59.7 cm³/mol. The number of benzene rings is 1. The summed E-state index contributed by atoms with van der Waals surface area (Å²) in [6, 6.07) is 5.87. The highest BCUT2D eigenvalue weighted by Crippen LogP contribution is 2.23. The van der Waals surface area contributed by atoms with Crippen LogP contribution < -0.4 is 0 Å². The Balaban J connectivity index is 3.13. The molecule has 6 nitrogen and oxygen atoms in total. The second kappa shape index (κ2) is 4.89. The Morgan fingerprint density at radius 2 is 2.25 bits per heavy atom. The molecular formula is C10H10N4O2. The predicted octanol–water partition coefficient (Wildman–Crippen LogP) is 1.69. The third-order valence-corrected chi connectivity index (χ3v) is 1.74. The number of nitro groups is 1. The number of nitrogens with zero attached hydrogens (tertiary/aromatic N) is 4. The Labute approximate surface area is 92.6 Å². The van der Waals surface area contributed by atoms with Crippen molar-refractivity contribution in [1.82, 2.24) is 4.90 Å². The van der Waals surface area contributed by atoms with Crippen LogP contribution in [0.3, 0.4) is 0 Å². The van der Waals surface area contributed by atoms with Gasteiger partial charge in [-0.25, -0.2) is 4.99 Å². The average molecular weight is 218 g/mol. The molecule has 1 aromatic rings. The number of rotatable bonds is 3. The fraction of sp³-hybridized carbons (Fsp3) is 0.200. The molecule has 0 heterocycles. The molecule has 0 unspecified atom stereocenters. The van der Waals surface area contributed by atoms with Crippen molar-refractivity contribution in [2.45, 2.75) is 0 Å². The molecule has 0 aliphatic carbocycles. The van der Waals surface area contributed by atoms with Gasteiger partial charge in [0.05, 0.1) is 22.5 Å². The summed E-state index contributed by atoms with van der Waals surface area (Å²) < 4.78 is 0. The summed E-state index contributed by atoms with van der Waals surface area (Å²) in [6.45, 7) is 0. The van der Waals surface area contributed by atoms with Gasteiger partial charge < -0.3 is 4.90 Å². The third-order valence-electron chi connectivity index (χ3n) is 1.74. The Bertz CT molecular complexity index is 474. The van der Waals surface area contributed by atoms with E-state index in [0.717, 1.165) is 0 Å². The molecular weight excluding hydrogens is 208 g/mol. The van der Waals surface area contributed by atoms with E-state index in [1.54, 1.807) is 19.0 Å². The molecule has 0 amide bonds. The standard InChI is InChI=1S/C10H10N4O2/c1-13(2)7-12-10-4-3-9(14(15)16)5-8(10)6-11/h3-5,7H,1-2H3. The highest BCUT2D eigenvalue weighted by Gasteiger charge is 2.09. The van der Waals surface area contributed by atoms with Gasteiger partial charge in [-0.2, -0.15) is 5.26 Å². The molecule has 6 heteroatoms. The van der Waals surface area contributed by atoms with Gasteiger partial charge in [0, 0.05) is 26.2 Å². The smallest absolute Gasteiger partial charge is 0.270 e. The van der Waals surface area contributed by atoms with Gasteiger partial charge in [-0.05, 0) is 6.07 Å². The van der Waals surface area contributed by atoms with Crippen LogP contribution >= 0.6 is 0 Å². The first-order chi connectivity index (χ1) is 7.54. The lowest BCUT2D eigenvalue weighted by molar-refractivity contribution is -0.384. The van der Waals surface area contributed by atoms with Crippen molar-refractivity contribution in [2.75, 3.05) is 14.1 Å². The van der Waals surface area contributed by atoms with Gasteiger partial charge in [-0.1, -0.05) is 0 Å². The zero-order valence-corrected chi connectivity index (χ0v) is 8.91. The van der Waals surface area contributed by atoms with Crippen molar-refractivity contribution in [2.24, 2.45) is 4.99 Å². The van der Waals surface area contributed by atoms with Crippen LogP contribution in [0.15, 0.2) is 23.2 Å². The summed E-state index contributed by atoms with van der Waals surface area (Å²) in [6.07, 6.45) is 1.53. The summed E-state index contributed by atoms with van der Waals surface area (Å²) in [4.78, 5) is 15.7. The Kier molecular flexibility index (Phi) is 3.56. The monoisotopic (exact) mass is 218 g/mol. The third kappa shape index (κ3) is 2.78. The minimum atomic E-state index is -0.541. The second-order valence-electron chi connectivity index (χ2n) is 3.28. The van der Waals surface area contributed by atoms with Crippen LogP contribution in [0, 0.1) is 21.4 Å². The Hall–Kier alpha value is -2.42. The van der Waals surface area contributed by atoms with E-state index in [2.05, 4.69) is 4.99 Å². The number of hydrogen-bond donors (Lipinski definition) is 0. The van der Waals surface area contributed by atoms with E-state index in [0.29, 0.717) is 5.69 Å². The lowest BCUT2D eigenvalue weighted by atomic mass is 10.2. The Morgan fingerprint density at radius 1 is 1.56 bits per heavy atom. The lowest BCUT2D eigenvalue weighted by Crippen LogP contribution is -2.07. The van der Waals surface area contributed by atoms with E-state index in [-0.39, 0.29) is 11.3 Å². The van der Waals surface area contributed by atoms with Crippen LogP contribution in [0.4, 0.5) is 11.4 Å². The van der Waals surface area contributed by atoms with E-state index in [1.807, 2.05) is 6.07 Å². The first kappa shape index (κ1) is 11.7. The number of non-ortho nitro benzene ring substituents is 1. The van der Waals surface area contributed by atoms with Crippen LogP contribution in [-0.4, -0.2) is 30.3 Å². The normalized spacial score (nSPS) is 10.1. The molecule has 1 aromatic carbocycles. The van der Waals surface area contributed by atoms with Gasteiger partial charge >= 0.3 is 0 Å². The molecule has 0 N–H and O–H groups in total. The quantitative estimate of drug-likeness (QED) is 0.334. The summed E-state index contributed by atoms with van der Waals surface area (Å²) in [5, 5.41) is 19.3. The molecule has 0 saturated carbocycles. The van der Waals surface area contributed by atoms with Crippen LogP contribution in [-0.2, 0) is 0 Å². The van der Waals surface area contributed by atoms with E-state index in [1.165, 1.54) is 24.5 Å². The van der Waals surface area contributed by atoms with Crippen molar-refractivity contribution in [3.8, 4) is 6.07 Å². The molecule has 0 aromatic heterocycles. The SMILES string of the molecule is CN(C)C=Nc1ccc([N+](=O)[O-])cc1C#N. The van der Waals surface area contributed by atoms with Crippen LogP contribution in [0.25, 0.3) is 0 Å². The molecule has 16 heavy (non-hydrogen) atoms. The molecule has 1 rings (SSSR count). The number of aliphatic imine (C=N–C) groups is 1. The zero-order valence-electron chi connectivity index (χ0n) is 8.91. The zero-order chi connectivity index (χ0) is 12.1. The van der Waals surface area contributed by atoms with Crippen LogP contribution in [0.2, 0.25) is 0 Å². The van der Waals surface area contributed by atoms with Crippen molar-refractivity contribution < 1.29 is 4.92 Å². The Morgan fingerprint density at radius 3 is 2.75 bits per heavy atom. The molecule has 0 spiro atoms. The number of hydrogen-bond acceptors (Lipinski definition) is 4. The van der Waals surface area contributed by atoms with E-state index in [4.69, 9.17) is 5.26 Å². The molecule has 0 saturated heterocycles. The van der Waals surface area contributed by atoms with E-state index >= 15 is 0 Å². The van der Waals surface area contributed by atoms with Crippen molar-refractivity contribution in [1.29, 1.82) is 5.26 Å². The fourth-order valence-corrected chi connectivity index (χ4v) is 1.02. The molecule has 82 valence electrons. The maximum atomic E-state index is 10.5. The fourth-order valence-electron chi connectivity index (χ4n) is 1.02. The van der Waals surface area contributed by atoms with Crippen molar-refractivity contribution in [3.05, 3.63) is 33.9 Å². The second-order valence-corrected chi connectivity index (χ2v) is 3.28. The minimum absolute atomic E-state index is 0.111. The van der Waals surface area contributed by atoms with Crippen LogP contribution in [0.1, 0.15) is 5.56 Å². The molecule has 0 radical (unpaired) electrons. The van der Waals surface area contributed by atoms with Gasteiger partial charge in [0.2, 0.25) is 0 Å². The van der Waals surface area contributed by atoms with Gasteiger partial charge in [-0.15, -0.1) is 0 Å². The summed E-state index contributed by atoms with van der Waals surface area (Å²) in [5.74, 6) is 0. The highest BCUT2D eigenvalue weighted by molar-refractivity contribution is 5.66. The first-order valence-electron chi connectivity index (χ1n) is 4.43. The first-order valence-corrected chi connectivity index (χ1v) is 4.43. The maximum Gasteiger partial charge on any atom is 0.270 e. The van der Waals surface area contributed by atoms with Crippen molar-refractivity contribution in [3.63, 3.8) is 0 Å². The number of nitro benzene ring substituents is 1. The number of nitriles is 1. The van der Waals surface area contributed by atoms with Gasteiger partial charge in [0.25, 0.3) is 5.69 Å². The van der Waals surface area contributed by atoms with E-state index in [9.17, 15) is 10.1 Å².